The van der Waals surface area contributed by atoms with Crippen LogP contribution in [0.15, 0.2) is 35.7 Å². The lowest BCUT2D eigenvalue weighted by molar-refractivity contribution is -0.146. The number of aliphatic carboxylic acids is 1. The topological polar surface area (TPSA) is 93.5 Å². The third-order valence-electron chi connectivity index (χ3n) is 3.42. The molecule has 1 heterocycles. The van der Waals surface area contributed by atoms with E-state index in [2.05, 4.69) is 11.9 Å². The fourth-order valence-electron chi connectivity index (χ4n) is 2.16. The largest absolute Gasteiger partial charge is 0.480 e. The van der Waals surface area contributed by atoms with Gasteiger partial charge in [0.05, 0.1) is 5.70 Å². The van der Waals surface area contributed by atoms with Crippen LogP contribution in [0.2, 0.25) is 0 Å². The molecule has 3 N–H and O–H groups in total. The van der Waals surface area contributed by atoms with Gasteiger partial charge < -0.3 is 15.8 Å². The monoisotopic (exact) mass is 291 g/mol. The predicted molar refractivity (Wildman–Crippen MR) is 80.9 cm³/mol. The number of amides is 1. The molecule has 6 nitrogen and oxygen atoms in total. The van der Waals surface area contributed by atoms with Gasteiger partial charge in [-0.3, -0.25) is 9.69 Å². The number of hydrogen-bond acceptors (Lipinski definition) is 4. The summed E-state index contributed by atoms with van der Waals surface area (Å²) in [4.78, 5) is 24.9. The molecule has 1 amide bonds. The van der Waals surface area contributed by atoms with Gasteiger partial charge in [-0.15, -0.1) is 0 Å². The molecule has 1 aliphatic heterocycles. The van der Waals surface area contributed by atoms with Crippen LogP contribution >= 0.6 is 0 Å². The number of carboxylic acids is 1. The van der Waals surface area contributed by atoms with Crippen molar-refractivity contribution in [2.24, 2.45) is 0 Å². The van der Waals surface area contributed by atoms with E-state index in [0.717, 1.165) is 5.57 Å². The number of allylic oxidation sites excluding steroid dienone is 3. The lowest BCUT2D eigenvalue weighted by atomic mass is 10.2. The van der Waals surface area contributed by atoms with Crippen LogP contribution in [0.4, 0.5) is 0 Å². The Kier molecular flexibility index (Phi) is 5.90. The molecule has 1 atom stereocenters. The summed E-state index contributed by atoms with van der Waals surface area (Å²) < 4.78 is 0. The number of rotatable bonds is 6. The minimum atomic E-state index is -1.02. The van der Waals surface area contributed by atoms with Crippen molar-refractivity contribution < 1.29 is 14.7 Å². The van der Waals surface area contributed by atoms with Gasteiger partial charge >= 0.3 is 5.97 Å². The molecule has 1 unspecified atom stereocenters. The molecule has 1 saturated heterocycles. The first-order valence-electron chi connectivity index (χ1n) is 6.76. The van der Waals surface area contributed by atoms with Crippen LogP contribution < -0.4 is 5.32 Å². The number of carboxylic acid groups (broad SMARTS) is 1. The number of nitrogens with zero attached hydrogens (tertiary/aromatic N) is 1. The van der Waals surface area contributed by atoms with Crippen LogP contribution in [0.3, 0.4) is 0 Å². The van der Waals surface area contributed by atoms with Crippen molar-refractivity contribution in [3.8, 4) is 0 Å². The van der Waals surface area contributed by atoms with Crippen molar-refractivity contribution in [3.05, 3.63) is 35.7 Å². The Hall–Kier alpha value is -2.37. The normalized spacial score (nSPS) is 19.6. The standard InChI is InChI=1S/C15H21N3O3/c1-4-11(8-16)9-17-12(5-2)14(19)18-10(3)6-7-13(18)15(20)21/h4-5,8,13,16-17H,3,6-7,9H2,1-2H3,(H,20,21)/b11-4+,12-5+,16-8?. The van der Waals surface area contributed by atoms with Crippen LogP contribution in [-0.4, -0.2) is 40.7 Å². The first-order chi connectivity index (χ1) is 9.96. The second-order valence-electron chi connectivity index (χ2n) is 4.70. The molecule has 0 radical (unpaired) electrons. The van der Waals surface area contributed by atoms with Crippen molar-refractivity contribution in [1.82, 2.24) is 10.2 Å². The highest BCUT2D eigenvalue weighted by Gasteiger charge is 2.37. The maximum absolute atomic E-state index is 12.5. The SMILES string of the molecule is C=C1CCC(C(=O)O)N1C(=O)/C(=C\C)NC/C(C=N)=C/C. The van der Waals surface area contributed by atoms with E-state index in [1.54, 1.807) is 19.1 Å². The van der Waals surface area contributed by atoms with Gasteiger partial charge in [-0.25, -0.2) is 4.79 Å². The van der Waals surface area contributed by atoms with Crippen molar-refractivity contribution >= 4 is 18.1 Å². The molecule has 0 aliphatic carbocycles. The fraction of sp³-hybridized carbons (Fsp3) is 0.400. The second kappa shape index (κ2) is 7.42. The molecule has 0 aromatic heterocycles. The average Bonchev–Trinajstić information content (AvgIpc) is 2.85. The van der Waals surface area contributed by atoms with E-state index in [-0.39, 0.29) is 0 Å². The zero-order valence-corrected chi connectivity index (χ0v) is 12.3. The van der Waals surface area contributed by atoms with Gasteiger partial charge in [-0.2, -0.15) is 0 Å². The summed E-state index contributed by atoms with van der Waals surface area (Å²) in [6.07, 6.45) is 5.47. The Morgan fingerprint density at radius 2 is 2.14 bits per heavy atom. The van der Waals surface area contributed by atoms with Crippen LogP contribution in [0.1, 0.15) is 26.7 Å². The molecule has 0 saturated carbocycles. The van der Waals surface area contributed by atoms with Crippen LogP contribution in [-0.2, 0) is 9.59 Å². The summed E-state index contributed by atoms with van der Waals surface area (Å²) in [6, 6.07) is -0.856. The maximum atomic E-state index is 12.5. The zero-order chi connectivity index (χ0) is 16.0. The molecular weight excluding hydrogens is 270 g/mol. The van der Waals surface area contributed by atoms with Crippen LogP contribution in [0.5, 0.6) is 0 Å². The Bertz CT molecular complexity index is 520. The molecule has 21 heavy (non-hydrogen) atoms. The highest BCUT2D eigenvalue weighted by atomic mass is 16.4. The smallest absolute Gasteiger partial charge is 0.326 e. The van der Waals surface area contributed by atoms with Crippen molar-refractivity contribution in [2.75, 3.05) is 6.54 Å². The van der Waals surface area contributed by atoms with Crippen LogP contribution in [0, 0.1) is 5.41 Å². The summed E-state index contributed by atoms with van der Waals surface area (Å²) in [5.74, 6) is -1.42. The van der Waals surface area contributed by atoms with E-state index in [0.29, 0.717) is 30.8 Å². The van der Waals surface area contributed by atoms with Crippen molar-refractivity contribution in [3.63, 3.8) is 0 Å². The minimum Gasteiger partial charge on any atom is -0.480 e. The third-order valence-corrected chi connectivity index (χ3v) is 3.42. The van der Waals surface area contributed by atoms with Gasteiger partial charge in [-0.05, 0) is 32.3 Å². The molecular formula is C15H21N3O3. The van der Waals surface area contributed by atoms with E-state index >= 15 is 0 Å². The number of likely N-dealkylation sites (tertiary alicyclic amines) is 1. The fourth-order valence-corrected chi connectivity index (χ4v) is 2.16. The Labute approximate surface area is 124 Å². The summed E-state index contributed by atoms with van der Waals surface area (Å²) in [5, 5.41) is 19.3. The zero-order valence-electron chi connectivity index (χ0n) is 12.3. The molecule has 0 aromatic carbocycles. The summed E-state index contributed by atoms with van der Waals surface area (Å²) in [5.41, 5.74) is 1.56. The molecule has 0 aromatic rings. The van der Waals surface area contributed by atoms with Crippen molar-refractivity contribution in [2.45, 2.75) is 32.7 Å². The lowest BCUT2D eigenvalue weighted by Gasteiger charge is -2.24. The van der Waals surface area contributed by atoms with Gasteiger partial charge in [0.15, 0.2) is 0 Å². The first kappa shape index (κ1) is 16.7. The van der Waals surface area contributed by atoms with E-state index in [9.17, 15) is 14.7 Å². The Morgan fingerprint density at radius 3 is 2.62 bits per heavy atom. The highest BCUT2D eigenvalue weighted by Crippen LogP contribution is 2.27. The predicted octanol–water partition coefficient (Wildman–Crippen LogP) is 1.66. The van der Waals surface area contributed by atoms with Gasteiger partial charge in [0.2, 0.25) is 0 Å². The van der Waals surface area contributed by atoms with Crippen LogP contribution in [0.25, 0.3) is 0 Å². The Morgan fingerprint density at radius 1 is 1.48 bits per heavy atom. The van der Waals surface area contributed by atoms with Gasteiger partial charge in [-0.1, -0.05) is 18.7 Å². The molecule has 0 bridgehead atoms. The molecule has 1 fully saturated rings. The first-order valence-corrected chi connectivity index (χ1v) is 6.76. The van der Waals surface area contributed by atoms with E-state index in [1.165, 1.54) is 11.1 Å². The third kappa shape index (κ3) is 3.81. The number of nitrogens with one attached hydrogen (secondary N) is 2. The van der Waals surface area contributed by atoms with E-state index in [4.69, 9.17) is 5.41 Å². The van der Waals surface area contributed by atoms with Gasteiger partial charge in [0.25, 0.3) is 5.91 Å². The Balaban J connectivity index is 2.86. The van der Waals surface area contributed by atoms with E-state index in [1.807, 2.05) is 6.92 Å². The number of carbonyl (C=O) groups is 2. The second-order valence-corrected chi connectivity index (χ2v) is 4.70. The molecule has 6 heteroatoms. The maximum Gasteiger partial charge on any atom is 0.326 e. The lowest BCUT2D eigenvalue weighted by Crippen LogP contribution is -2.42. The summed E-state index contributed by atoms with van der Waals surface area (Å²) in [7, 11) is 0. The highest BCUT2D eigenvalue weighted by molar-refractivity contribution is 5.97. The van der Waals surface area contributed by atoms with Crippen molar-refractivity contribution in [1.29, 1.82) is 5.41 Å². The number of hydrogen-bond donors (Lipinski definition) is 3. The molecule has 1 rings (SSSR count). The summed E-state index contributed by atoms with van der Waals surface area (Å²) >= 11 is 0. The average molecular weight is 291 g/mol. The van der Waals surface area contributed by atoms with Gasteiger partial charge in [0, 0.05) is 18.5 Å². The number of carbonyl (C=O) groups excluding carboxylic acids is 1. The quantitative estimate of drug-likeness (QED) is 0.512. The minimum absolute atomic E-state index is 0.311. The molecule has 0 spiro atoms. The van der Waals surface area contributed by atoms with E-state index < -0.39 is 17.9 Å². The molecule has 1 aliphatic rings. The van der Waals surface area contributed by atoms with Gasteiger partial charge in [0.1, 0.15) is 6.04 Å². The summed E-state index contributed by atoms with van der Waals surface area (Å²) in [6.45, 7) is 7.62. The molecule has 114 valence electrons.